The first-order valence-electron chi connectivity index (χ1n) is 10.7. The molecule has 0 aliphatic carbocycles. The predicted molar refractivity (Wildman–Crippen MR) is 124 cm³/mol. The van der Waals surface area contributed by atoms with Crippen molar-refractivity contribution in [3.8, 4) is 11.5 Å². The van der Waals surface area contributed by atoms with E-state index >= 15 is 0 Å². The normalized spacial score (nSPS) is 14.3. The third-order valence-corrected chi connectivity index (χ3v) is 5.07. The minimum Gasteiger partial charge on any atom is -0.457 e. The molecule has 1 fully saturated rings. The molecule has 0 bridgehead atoms. The van der Waals surface area contributed by atoms with Gasteiger partial charge >= 0.3 is 5.97 Å². The number of carbonyl (C=O) groups excluding carboxylic acids is 2. The van der Waals surface area contributed by atoms with Crippen LogP contribution in [0.1, 0.15) is 17.3 Å². The summed E-state index contributed by atoms with van der Waals surface area (Å²) in [6, 6.07) is 19.8. The van der Waals surface area contributed by atoms with Crippen LogP contribution in [0.5, 0.6) is 11.5 Å². The minimum absolute atomic E-state index is 0.286. The Hall–Kier alpha value is -3.91. The molecule has 0 spiro atoms. The van der Waals surface area contributed by atoms with Crippen molar-refractivity contribution in [2.24, 2.45) is 0 Å². The SMILES string of the molecule is CC(OC(=O)c1ccc(N2CCOCC2)nc1)C(=O)Nc1ccc(Oc2ccccc2)cc1. The third kappa shape index (κ3) is 6.08. The van der Waals surface area contributed by atoms with E-state index in [0.29, 0.717) is 24.7 Å². The number of hydrogen-bond acceptors (Lipinski definition) is 7. The lowest BCUT2D eigenvalue weighted by atomic mass is 10.2. The number of anilines is 2. The molecule has 1 amide bonds. The van der Waals surface area contributed by atoms with Crippen LogP contribution in [0.4, 0.5) is 11.5 Å². The highest BCUT2D eigenvalue weighted by atomic mass is 16.5. The van der Waals surface area contributed by atoms with Crippen molar-refractivity contribution in [1.29, 1.82) is 0 Å². The molecule has 1 atom stereocenters. The number of benzene rings is 2. The van der Waals surface area contributed by atoms with E-state index in [1.807, 2.05) is 30.3 Å². The molecule has 4 rings (SSSR count). The van der Waals surface area contributed by atoms with E-state index in [0.717, 1.165) is 24.7 Å². The zero-order valence-electron chi connectivity index (χ0n) is 18.3. The Morgan fingerprint density at radius 2 is 1.67 bits per heavy atom. The molecule has 33 heavy (non-hydrogen) atoms. The van der Waals surface area contributed by atoms with Crippen molar-refractivity contribution in [1.82, 2.24) is 4.98 Å². The lowest BCUT2D eigenvalue weighted by Gasteiger charge is -2.27. The van der Waals surface area contributed by atoms with Crippen LogP contribution in [0.25, 0.3) is 0 Å². The highest BCUT2D eigenvalue weighted by Crippen LogP contribution is 2.23. The van der Waals surface area contributed by atoms with Crippen LogP contribution in [0.2, 0.25) is 0 Å². The molecule has 0 saturated carbocycles. The van der Waals surface area contributed by atoms with Gasteiger partial charge in [0.2, 0.25) is 0 Å². The van der Waals surface area contributed by atoms with Gasteiger partial charge in [-0.2, -0.15) is 0 Å². The highest BCUT2D eigenvalue weighted by molar-refractivity contribution is 5.97. The molecule has 0 radical (unpaired) electrons. The van der Waals surface area contributed by atoms with Gasteiger partial charge in [-0.1, -0.05) is 18.2 Å². The van der Waals surface area contributed by atoms with Crippen molar-refractivity contribution in [2.45, 2.75) is 13.0 Å². The largest absolute Gasteiger partial charge is 0.457 e. The number of ether oxygens (including phenoxy) is 3. The van der Waals surface area contributed by atoms with Crippen LogP contribution in [0.15, 0.2) is 72.9 Å². The molecule has 8 nitrogen and oxygen atoms in total. The summed E-state index contributed by atoms with van der Waals surface area (Å²) in [5, 5.41) is 2.74. The van der Waals surface area contributed by atoms with Crippen LogP contribution < -0.4 is 15.0 Å². The summed E-state index contributed by atoms with van der Waals surface area (Å²) in [4.78, 5) is 31.3. The van der Waals surface area contributed by atoms with Gasteiger partial charge in [0.15, 0.2) is 6.10 Å². The van der Waals surface area contributed by atoms with Crippen molar-refractivity contribution < 1.29 is 23.8 Å². The first kappa shape index (κ1) is 22.3. The number of pyridine rings is 1. The number of esters is 1. The Bertz CT molecular complexity index is 1070. The lowest BCUT2D eigenvalue weighted by molar-refractivity contribution is -0.123. The van der Waals surface area contributed by atoms with E-state index in [9.17, 15) is 9.59 Å². The lowest BCUT2D eigenvalue weighted by Crippen LogP contribution is -2.36. The number of hydrogen-bond donors (Lipinski definition) is 1. The van der Waals surface area contributed by atoms with Gasteiger partial charge in [0.05, 0.1) is 18.8 Å². The van der Waals surface area contributed by atoms with Crippen molar-refractivity contribution >= 4 is 23.4 Å². The smallest absolute Gasteiger partial charge is 0.340 e. The first-order valence-corrected chi connectivity index (χ1v) is 10.7. The summed E-state index contributed by atoms with van der Waals surface area (Å²) >= 11 is 0. The number of aromatic nitrogens is 1. The van der Waals surface area contributed by atoms with Crippen LogP contribution in [-0.2, 0) is 14.3 Å². The van der Waals surface area contributed by atoms with Crippen molar-refractivity contribution in [2.75, 3.05) is 36.5 Å². The van der Waals surface area contributed by atoms with Gasteiger partial charge in [-0.15, -0.1) is 0 Å². The number of morpholine rings is 1. The quantitative estimate of drug-likeness (QED) is 0.550. The second-order valence-corrected chi connectivity index (χ2v) is 7.48. The summed E-state index contributed by atoms with van der Waals surface area (Å²) in [6.07, 6.45) is 0.486. The summed E-state index contributed by atoms with van der Waals surface area (Å²) in [5.74, 6) is 1.11. The van der Waals surface area contributed by atoms with Gasteiger partial charge in [-0.05, 0) is 55.5 Å². The molecular weight excluding hydrogens is 422 g/mol. The van der Waals surface area contributed by atoms with E-state index in [1.54, 1.807) is 36.4 Å². The second-order valence-electron chi connectivity index (χ2n) is 7.48. The average molecular weight is 447 g/mol. The highest BCUT2D eigenvalue weighted by Gasteiger charge is 2.20. The molecule has 3 aromatic rings. The zero-order chi connectivity index (χ0) is 23.0. The van der Waals surface area contributed by atoms with Gasteiger partial charge < -0.3 is 24.4 Å². The van der Waals surface area contributed by atoms with E-state index in [1.165, 1.54) is 13.1 Å². The summed E-state index contributed by atoms with van der Waals surface area (Å²) in [5.41, 5.74) is 0.855. The monoisotopic (exact) mass is 447 g/mol. The summed E-state index contributed by atoms with van der Waals surface area (Å²) < 4.78 is 16.4. The predicted octanol–water partition coefficient (Wildman–Crippen LogP) is 3.89. The number of nitrogens with one attached hydrogen (secondary N) is 1. The fourth-order valence-corrected chi connectivity index (χ4v) is 3.24. The molecule has 2 aromatic carbocycles. The zero-order valence-corrected chi connectivity index (χ0v) is 18.3. The maximum atomic E-state index is 12.5. The average Bonchev–Trinajstić information content (AvgIpc) is 2.86. The summed E-state index contributed by atoms with van der Waals surface area (Å²) in [7, 11) is 0. The number of nitrogens with zero attached hydrogens (tertiary/aromatic N) is 2. The molecule has 1 aliphatic heterocycles. The van der Waals surface area contributed by atoms with Crippen LogP contribution in [0.3, 0.4) is 0 Å². The minimum atomic E-state index is -0.975. The number of rotatable bonds is 7. The number of amides is 1. The van der Waals surface area contributed by atoms with E-state index in [-0.39, 0.29) is 5.56 Å². The van der Waals surface area contributed by atoms with Crippen molar-refractivity contribution in [3.63, 3.8) is 0 Å². The van der Waals surface area contributed by atoms with E-state index in [2.05, 4.69) is 15.2 Å². The Labute approximate surface area is 192 Å². The molecule has 8 heteroatoms. The Kier molecular flexibility index (Phi) is 7.16. The van der Waals surface area contributed by atoms with Crippen molar-refractivity contribution in [3.05, 3.63) is 78.5 Å². The molecule has 1 unspecified atom stereocenters. The Morgan fingerprint density at radius 1 is 0.970 bits per heavy atom. The fraction of sp³-hybridized carbons (Fsp3) is 0.240. The van der Waals surface area contributed by atoms with Gasteiger partial charge in [-0.3, -0.25) is 4.79 Å². The third-order valence-electron chi connectivity index (χ3n) is 5.07. The number of carbonyl (C=O) groups is 2. The standard InChI is InChI=1S/C25H25N3O5/c1-18(32-25(30)19-7-12-23(26-17-19)28-13-15-31-16-14-28)24(29)27-20-8-10-22(11-9-20)33-21-5-3-2-4-6-21/h2-12,17-18H,13-16H2,1H3,(H,27,29). The number of para-hydroxylation sites is 1. The van der Waals surface area contributed by atoms with Gasteiger partial charge in [0.1, 0.15) is 17.3 Å². The van der Waals surface area contributed by atoms with Crippen LogP contribution in [0, 0.1) is 0 Å². The fourth-order valence-electron chi connectivity index (χ4n) is 3.24. The Morgan fingerprint density at radius 3 is 2.33 bits per heavy atom. The van der Waals surface area contributed by atoms with Gasteiger partial charge in [0.25, 0.3) is 5.91 Å². The topological polar surface area (TPSA) is 90.0 Å². The molecule has 1 aliphatic rings. The second kappa shape index (κ2) is 10.6. The van der Waals surface area contributed by atoms with E-state index < -0.39 is 18.0 Å². The Balaban J connectivity index is 1.28. The van der Waals surface area contributed by atoms with Gasteiger partial charge in [-0.25, -0.2) is 9.78 Å². The molecule has 170 valence electrons. The molecule has 2 heterocycles. The molecule has 1 aromatic heterocycles. The first-order chi connectivity index (χ1) is 16.1. The van der Waals surface area contributed by atoms with Crippen LogP contribution in [-0.4, -0.2) is 49.3 Å². The van der Waals surface area contributed by atoms with Gasteiger partial charge in [0, 0.05) is 25.0 Å². The maximum absolute atomic E-state index is 12.5. The molecule has 1 saturated heterocycles. The molecule has 1 N–H and O–H groups in total. The van der Waals surface area contributed by atoms with Crippen LogP contribution >= 0.6 is 0 Å². The maximum Gasteiger partial charge on any atom is 0.340 e. The molecular formula is C25H25N3O5. The summed E-state index contributed by atoms with van der Waals surface area (Å²) in [6.45, 7) is 4.35. The van der Waals surface area contributed by atoms with E-state index in [4.69, 9.17) is 14.2 Å².